The van der Waals surface area contributed by atoms with Crippen LogP contribution in [0.2, 0.25) is 5.02 Å². The molecule has 5 nitrogen and oxygen atoms in total. The van der Waals surface area contributed by atoms with E-state index in [1.807, 2.05) is 11.4 Å². The predicted octanol–water partition coefficient (Wildman–Crippen LogP) is 5.45. The van der Waals surface area contributed by atoms with Gasteiger partial charge in [-0.05, 0) is 73.8 Å². The van der Waals surface area contributed by atoms with Gasteiger partial charge in [-0.15, -0.1) is 11.3 Å². The molecule has 0 fully saturated rings. The molecule has 0 saturated heterocycles. The normalized spacial score (nSPS) is 11.0. The van der Waals surface area contributed by atoms with Gasteiger partial charge in [0.05, 0.1) is 4.88 Å². The summed E-state index contributed by atoms with van der Waals surface area (Å²) in [4.78, 5) is 25.3. The Balaban J connectivity index is 1.60. The van der Waals surface area contributed by atoms with E-state index in [1.54, 1.807) is 68.4 Å². The van der Waals surface area contributed by atoms with Crippen molar-refractivity contribution in [3.05, 3.63) is 75.9 Å². The minimum absolute atomic E-state index is 0.163. The predicted molar refractivity (Wildman–Crippen MR) is 114 cm³/mol. The average Bonchev–Trinajstić information content (AvgIpc) is 3.20. The zero-order valence-electron chi connectivity index (χ0n) is 15.4. The first-order valence-electron chi connectivity index (χ1n) is 8.54. The molecule has 1 heterocycles. The van der Waals surface area contributed by atoms with Gasteiger partial charge in [-0.3, -0.25) is 9.59 Å². The molecule has 3 rings (SSSR count). The molecule has 0 saturated carbocycles. The van der Waals surface area contributed by atoms with E-state index in [4.69, 9.17) is 16.3 Å². The van der Waals surface area contributed by atoms with E-state index in [0.29, 0.717) is 27.0 Å². The quantitative estimate of drug-likeness (QED) is 0.563. The molecular weight excluding hydrogens is 396 g/mol. The number of ether oxygens (including phenoxy) is 1. The van der Waals surface area contributed by atoms with Gasteiger partial charge < -0.3 is 15.4 Å². The molecule has 7 heteroatoms. The summed E-state index contributed by atoms with van der Waals surface area (Å²) in [6.07, 6.45) is 0. The van der Waals surface area contributed by atoms with Gasteiger partial charge in [0.15, 0.2) is 5.60 Å². The van der Waals surface area contributed by atoms with E-state index in [1.165, 1.54) is 11.3 Å². The van der Waals surface area contributed by atoms with Gasteiger partial charge >= 0.3 is 0 Å². The van der Waals surface area contributed by atoms with Crippen LogP contribution in [0, 0.1) is 0 Å². The van der Waals surface area contributed by atoms with E-state index < -0.39 is 5.60 Å². The van der Waals surface area contributed by atoms with Crippen molar-refractivity contribution in [3.8, 4) is 5.75 Å². The van der Waals surface area contributed by atoms with Crippen molar-refractivity contribution >= 4 is 46.1 Å². The second-order valence-electron chi connectivity index (χ2n) is 6.53. The number of hydrogen-bond acceptors (Lipinski definition) is 4. The highest BCUT2D eigenvalue weighted by Crippen LogP contribution is 2.23. The Kier molecular flexibility index (Phi) is 6.02. The molecule has 2 aromatic carbocycles. The summed E-state index contributed by atoms with van der Waals surface area (Å²) >= 11 is 7.24. The van der Waals surface area contributed by atoms with E-state index in [-0.39, 0.29) is 11.8 Å². The van der Waals surface area contributed by atoms with Gasteiger partial charge in [-0.25, -0.2) is 0 Å². The number of rotatable bonds is 6. The zero-order chi connectivity index (χ0) is 20.1. The van der Waals surface area contributed by atoms with Crippen LogP contribution in [-0.2, 0) is 4.79 Å². The molecule has 144 valence electrons. The molecule has 2 amide bonds. The molecule has 0 spiro atoms. The third-order valence-electron chi connectivity index (χ3n) is 3.88. The second kappa shape index (κ2) is 8.46. The number of nitrogens with one attached hydrogen (secondary N) is 2. The molecule has 0 unspecified atom stereocenters. The summed E-state index contributed by atoms with van der Waals surface area (Å²) in [7, 11) is 0. The topological polar surface area (TPSA) is 67.4 Å². The molecule has 1 aromatic heterocycles. The Hall–Kier alpha value is -2.83. The highest BCUT2D eigenvalue weighted by molar-refractivity contribution is 7.12. The second-order valence-corrected chi connectivity index (χ2v) is 7.91. The van der Waals surface area contributed by atoms with Crippen LogP contribution < -0.4 is 15.4 Å². The SMILES string of the molecule is CC(C)(Oc1ccc(Cl)cc1)C(=O)Nc1ccc(NC(=O)c2cccs2)cc1. The summed E-state index contributed by atoms with van der Waals surface area (Å²) in [6.45, 7) is 3.37. The highest BCUT2D eigenvalue weighted by atomic mass is 35.5. The number of anilines is 2. The van der Waals surface area contributed by atoms with Crippen molar-refractivity contribution in [1.82, 2.24) is 0 Å². The van der Waals surface area contributed by atoms with Crippen LogP contribution in [0.5, 0.6) is 5.75 Å². The number of hydrogen-bond donors (Lipinski definition) is 2. The van der Waals surface area contributed by atoms with Gasteiger partial charge in [-0.1, -0.05) is 17.7 Å². The fraction of sp³-hybridized carbons (Fsp3) is 0.143. The van der Waals surface area contributed by atoms with E-state index >= 15 is 0 Å². The van der Waals surface area contributed by atoms with Crippen LogP contribution in [0.25, 0.3) is 0 Å². The first-order valence-corrected chi connectivity index (χ1v) is 9.80. The highest BCUT2D eigenvalue weighted by Gasteiger charge is 2.30. The molecule has 3 aromatic rings. The first-order chi connectivity index (χ1) is 13.3. The zero-order valence-corrected chi connectivity index (χ0v) is 16.9. The number of thiophene rings is 1. The lowest BCUT2D eigenvalue weighted by atomic mass is 10.1. The summed E-state index contributed by atoms with van der Waals surface area (Å²) in [5.74, 6) is 0.0956. The minimum Gasteiger partial charge on any atom is -0.478 e. The number of halogens is 1. The summed E-state index contributed by atoms with van der Waals surface area (Å²) in [5, 5.41) is 8.08. The Labute approximate surface area is 172 Å². The average molecular weight is 415 g/mol. The van der Waals surface area contributed by atoms with Gasteiger partial charge in [0.2, 0.25) is 0 Å². The molecule has 2 N–H and O–H groups in total. The Bertz CT molecular complexity index is 952. The molecule has 0 aliphatic rings. The largest absolute Gasteiger partial charge is 0.478 e. The van der Waals surface area contributed by atoms with Crippen molar-refractivity contribution in [2.75, 3.05) is 10.6 Å². The molecule has 0 radical (unpaired) electrons. The number of carbonyl (C=O) groups excluding carboxylic acids is 2. The molecule has 0 aliphatic carbocycles. The summed E-state index contributed by atoms with van der Waals surface area (Å²) in [5.41, 5.74) is 0.167. The van der Waals surface area contributed by atoms with Gasteiger partial charge in [0, 0.05) is 16.4 Å². The third kappa shape index (κ3) is 5.12. The van der Waals surface area contributed by atoms with Crippen LogP contribution >= 0.6 is 22.9 Å². The van der Waals surface area contributed by atoms with E-state index in [0.717, 1.165) is 0 Å². The van der Waals surface area contributed by atoms with Crippen molar-refractivity contribution in [1.29, 1.82) is 0 Å². The molecule has 0 bridgehead atoms. The first kappa shape index (κ1) is 19.9. The maximum absolute atomic E-state index is 12.6. The number of carbonyl (C=O) groups is 2. The summed E-state index contributed by atoms with van der Waals surface area (Å²) in [6, 6.07) is 17.3. The molecular formula is C21H19ClN2O3S. The minimum atomic E-state index is -1.08. The van der Waals surface area contributed by atoms with Gasteiger partial charge in [0.25, 0.3) is 11.8 Å². The Morgan fingerprint density at radius 1 is 0.929 bits per heavy atom. The van der Waals surface area contributed by atoms with Crippen molar-refractivity contribution in [3.63, 3.8) is 0 Å². The number of amides is 2. The van der Waals surface area contributed by atoms with Crippen LogP contribution in [0.4, 0.5) is 11.4 Å². The molecule has 0 atom stereocenters. The van der Waals surface area contributed by atoms with Crippen LogP contribution in [0.15, 0.2) is 66.0 Å². The van der Waals surface area contributed by atoms with Gasteiger partial charge in [-0.2, -0.15) is 0 Å². The Morgan fingerprint density at radius 3 is 2.11 bits per heavy atom. The van der Waals surface area contributed by atoms with Crippen molar-refractivity contribution < 1.29 is 14.3 Å². The van der Waals surface area contributed by atoms with Crippen molar-refractivity contribution in [2.45, 2.75) is 19.4 Å². The standard InChI is InChI=1S/C21H19ClN2O3S/c1-21(2,27-17-11-5-14(22)6-12-17)20(26)24-16-9-7-15(8-10-16)23-19(25)18-4-3-13-28-18/h3-13H,1-2H3,(H,23,25)(H,24,26). The van der Waals surface area contributed by atoms with Crippen molar-refractivity contribution in [2.24, 2.45) is 0 Å². The van der Waals surface area contributed by atoms with Crippen LogP contribution in [-0.4, -0.2) is 17.4 Å². The van der Waals surface area contributed by atoms with Gasteiger partial charge in [0.1, 0.15) is 5.75 Å². The lowest BCUT2D eigenvalue weighted by molar-refractivity contribution is -0.128. The summed E-state index contributed by atoms with van der Waals surface area (Å²) < 4.78 is 5.78. The van der Waals surface area contributed by atoms with Crippen LogP contribution in [0.1, 0.15) is 23.5 Å². The monoisotopic (exact) mass is 414 g/mol. The number of benzene rings is 2. The fourth-order valence-electron chi connectivity index (χ4n) is 2.36. The third-order valence-corrected chi connectivity index (χ3v) is 5.00. The maximum atomic E-state index is 12.6. The smallest absolute Gasteiger partial charge is 0.267 e. The fourth-order valence-corrected chi connectivity index (χ4v) is 3.11. The van der Waals surface area contributed by atoms with E-state index in [9.17, 15) is 9.59 Å². The Morgan fingerprint density at radius 2 is 1.54 bits per heavy atom. The maximum Gasteiger partial charge on any atom is 0.267 e. The lowest BCUT2D eigenvalue weighted by Gasteiger charge is -2.25. The van der Waals surface area contributed by atoms with E-state index in [2.05, 4.69) is 10.6 Å². The lowest BCUT2D eigenvalue weighted by Crippen LogP contribution is -2.42. The van der Waals surface area contributed by atoms with Crippen LogP contribution in [0.3, 0.4) is 0 Å². The molecule has 28 heavy (non-hydrogen) atoms. The molecule has 0 aliphatic heterocycles.